The third-order valence-corrected chi connectivity index (χ3v) is 2.78. The molecule has 1 aromatic heterocycles. The van der Waals surface area contributed by atoms with E-state index in [1.54, 1.807) is 6.07 Å². The van der Waals surface area contributed by atoms with E-state index in [2.05, 4.69) is 24.1 Å². The number of aliphatic hydroxyl groups is 1. The van der Waals surface area contributed by atoms with Crippen LogP contribution in [0.15, 0.2) is 16.5 Å². The SMILES string of the molecule is CCN(CC)Cc1ccc(C(=O)NCCCO)o1. The first-order valence-electron chi connectivity index (χ1n) is 6.41. The standard InChI is InChI=1S/C13H22N2O3/c1-3-15(4-2)10-11-6-7-12(18-11)13(17)14-8-5-9-16/h6-7,16H,3-5,8-10H2,1-2H3,(H,14,17). The number of carbonyl (C=O) groups excluding carboxylic acids is 1. The van der Waals surface area contributed by atoms with E-state index in [0.717, 1.165) is 25.4 Å². The molecule has 0 atom stereocenters. The van der Waals surface area contributed by atoms with Gasteiger partial charge in [-0.05, 0) is 31.6 Å². The predicted octanol–water partition coefficient (Wildman–Crippen LogP) is 1.23. The maximum Gasteiger partial charge on any atom is 0.286 e. The van der Waals surface area contributed by atoms with Crippen molar-refractivity contribution in [1.82, 2.24) is 10.2 Å². The van der Waals surface area contributed by atoms with Crippen LogP contribution in [0.3, 0.4) is 0 Å². The lowest BCUT2D eigenvalue weighted by molar-refractivity contribution is 0.0919. The van der Waals surface area contributed by atoms with Crippen molar-refractivity contribution in [3.8, 4) is 0 Å². The minimum atomic E-state index is -0.228. The summed E-state index contributed by atoms with van der Waals surface area (Å²) in [5, 5.41) is 11.3. The van der Waals surface area contributed by atoms with Crippen LogP contribution in [0.4, 0.5) is 0 Å². The third kappa shape index (κ3) is 4.50. The van der Waals surface area contributed by atoms with Crippen LogP contribution in [0.5, 0.6) is 0 Å². The molecule has 0 aliphatic rings. The van der Waals surface area contributed by atoms with E-state index in [4.69, 9.17) is 9.52 Å². The highest BCUT2D eigenvalue weighted by molar-refractivity contribution is 5.91. The first kappa shape index (κ1) is 14.7. The number of amides is 1. The summed E-state index contributed by atoms with van der Waals surface area (Å²) < 4.78 is 5.49. The molecule has 0 aliphatic heterocycles. The van der Waals surface area contributed by atoms with Gasteiger partial charge in [0.1, 0.15) is 5.76 Å². The molecule has 1 amide bonds. The number of carbonyl (C=O) groups is 1. The third-order valence-electron chi connectivity index (χ3n) is 2.78. The quantitative estimate of drug-likeness (QED) is 0.685. The average Bonchev–Trinajstić information content (AvgIpc) is 2.84. The summed E-state index contributed by atoms with van der Waals surface area (Å²) in [5.41, 5.74) is 0. The minimum absolute atomic E-state index is 0.0750. The van der Waals surface area contributed by atoms with E-state index in [-0.39, 0.29) is 12.5 Å². The number of nitrogens with one attached hydrogen (secondary N) is 1. The molecule has 2 N–H and O–H groups in total. The second-order valence-electron chi connectivity index (χ2n) is 4.06. The summed E-state index contributed by atoms with van der Waals surface area (Å²) in [4.78, 5) is 13.9. The van der Waals surface area contributed by atoms with Crippen molar-refractivity contribution in [2.45, 2.75) is 26.8 Å². The van der Waals surface area contributed by atoms with Crippen molar-refractivity contribution in [3.05, 3.63) is 23.7 Å². The molecular formula is C13H22N2O3. The van der Waals surface area contributed by atoms with Crippen molar-refractivity contribution < 1.29 is 14.3 Å². The largest absolute Gasteiger partial charge is 0.455 e. The zero-order valence-electron chi connectivity index (χ0n) is 11.1. The summed E-state index contributed by atoms with van der Waals surface area (Å²) in [6.07, 6.45) is 0.554. The Balaban J connectivity index is 2.49. The van der Waals surface area contributed by atoms with Crippen molar-refractivity contribution in [3.63, 3.8) is 0 Å². The van der Waals surface area contributed by atoms with Crippen LogP contribution in [0, 0.1) is 0 Å². The molecule has 5 heteroatoms. The van der Waals surface area contributed by atoms with Crippen molar-refractivity contribution in [1.29, 1.82) is 0 Å². The fourth-order valence-electron chi connectivity index (χ4n) is 1.62. The molecule has 0 bridgehead atoms. The molecule has 1 aromatic rings. The Morgan fingerprint density at radius 3 is 2.72 bits per heavy atom. The Morgan fingerprint density at radius 2 is 2.11 bits per heavy atom. The highest BCUT2D eigenvalue weighted by Crippen LogP contribution is 2.10. The van der Waals surface area contributed by atoms with Gasteiger partial charge < -0.3 is 14.8 Å². The number of hydrogen-bond donors (Lipinski definition) is 2. The average molecular weight is 254 g/mol. The van der Waals surface area contributed by atoms with Gasteiger partial charge in [-0.3, -0.25) is 9.69 Å². The summed E-state index contributed by atoms with van der Waals surface area (Å²) in [5.74, 6) is 0.898. The molecule has 0 saturated heterocycles. The molecule has 18 heavy (non-hydrogen) atoms. The molecular weight excluding hydrogens is 232 g/mol. The number of hydrogen-bond acceptors (Lipinski definition) is 4. The molecule has 0 saturated carbocycles. The first-order chi connectivity index (χ1) is 8.71. The molecule has 0 aromatic carbocycles. The van der Waals surface area contributed by atoms with E-state index < -0.39 is 0 Å². The van der Waals surface area contributed by atoms with Gasteiger partial charge >= 0.3 is 0 Å². The molecule has 0 aliphatic carbocycles. The molecule has 0 spiro atoms. The monoisotopic (exact) mass is 254 g/mol. The van der Waals surface area contributed by atoms with Gasteiger partial charge in [-0.15, -0.1) is 0 Å². The van der Waals surface area contributed by atoms with E-state index in [9.17, 15) is 4.79 Å². The Bertz CT molecular complexity index is 359. The van der Waals surface area contributed by atoms with Crippen LogP contribution in [0.2, 0.25) is 0 Å². The van der Waals surface area contributed by atoms with Crippen molar-refractivity contribution in [2.24, 2.45) is 0 Å². The minimum Gasteiger partial charge on any atom is -0.455 e. The van der Waals surface area contributed by atoms with Crippen LogP contribution < -0.4 is 5.32 Å². The lowest BCUT2D eigenvalue weighted by Crippen LogP contribution is -2.24. The molecule has 1 heterocycles. The van der Waals surface area contributed by atoms with Gasteiger partial charge in [0.05, 0.1) is 6.54 Å². The van der Waals surface area contributed by atoms with Gasteiger partial charge in [0.15, 0.2) is 5.76 Å². The summed E-state index contributed by atoms with van der Waals surface area (Å²) in [7, 11) is 0. The number of furan rings is 1. The van der Waals surface area contributed by atoms with E-state index in [1.807, 2.05) is 6.07 Å². The maximum absolute atomic E-state index is 11.7. The van der Waals surface area contributed by atoms with Gasteiger partial charge in [0.25, 0.3) is 5.91 Å². The van der Waals surface area contributed by atoms with E-state index in [0.29, 0.717) is 18.7 Å². The smallest absolute Gasteiger partial charge is 0.286 e. The molecule has 0 unspecified atom stereocenters. The van der Waals surface area contributed by atoms with Gasteiger partial charge in [0, 0.05) is 13.2 Å². The Morgan fingerprint density at radius 1 is 1.39 bits per heavy atom. The zero-order valence-corrected chi connectivity index (χ0v) is 11.1. The van der Waals surface area contributed by atoms with Crippen LogP contribution in [0.25, 0.3) is 0 Å². The van der Waals surface area contributed by atoms with Crippen LogP contribution in [-0.2, 0) is 6.54 Å². The number of nitrogens with zero attached hydrogens (tertiary/aromatic N) is 1. The fourth-order valence-corrected chi connectivity index (χ4v) is 1.62. The zero-order chi connectivity index (χ0) is 13.4. The lowest BCUT2D eigenvalue weighted by atomic mass is 10.3. The summed E-state index contributed by atoms with van der Waals surface area (Å²) in [6.45, 7) is 7.35. The molecule has 0 radical (unpaired) electrons. The highest BCUT2D eigenvalue weighted by Gasteiger charge is 2.11. The maximum atomic E-state index is 11.7. The van der Waals surface area contributed by atoms with E-state index >= 15 is 0 Å². The van der Waals surface area contributed by atoms with Gasteiger partial charge in [-0.2, -0.15) is 0 Å². The van der Waals surface area contributed by atoms with Crippen molar-refractivity contribution >= 4 is 5.91 Å². The Hall–Kier alpha value is -1.33. The second kappa shape index (κ2) is 7.89. The molecule has 0 fully saturated rings. The van der Waals surface area contributed by atoms with Crippen LogP contribution in [-0.4, -0.2) is 42.2 Å². The highest BCUT2D eigenvalue weighted by atomic mass is 16.4. The normalized spacial score (nSPS) is 10.9. The second-order valence-corrected chi connectivity index (χ2v) is 4.06. The summed E-state index contributed by atoms with van der Waals surface area (Å²) in [6, 6.07) is 3.52. The lowest BCUT2D eigenvalue weighted by Gasteiger charge is -2.15. The number of aliphatic hydroxyl groups excluding tert-OH is 1. The predicted molar refractivity (Wildman–Crippen MR) is 69.4 cm³/mol. The van der Waals surface area contributed by atoms with Crippen LogP contribution >= 0.6 is 0 Å². The molecule has 5 nitrogen and oxygen atoms in total. The molecule has 102 valence electrons. The Labute approximate surface area is 108 Å². The topological polar surface area (TPSA) is 65.7 Å². The van der Waals surface area contributed by atoms with E-state index in [1.165, 1.54) is 0 Å². The van der Waals surface area contributed by atoms with Crippen LogP contribution in [0.1, 0.15) is 36.6 Å². The van der Waals surface area contributed by atoms with Gasteiger partial charge in [-0.25, -0.2) is 0 Å². The fraction of sp³-hybridized carbons (Fsp3) is 0.615. The first-order valence-corrected chi connectivity index (χ1v) is 6.41. The molecule has 1 rings (SSSR count). The van der Waals surface area contributed by atoms with Gasteiger partial charge in [-0.1, -0.05) is 13.8 Å². The van der Waals surface area contributed by atoms with Gasteiger partial charge in [0.2, 0.25) is 0 Å². The summed E-state index contributed by atoms with van der Waals surface area (Å²) >= 11 is 0. The number of rotatable bonds is 8. The Kier molecular flexibility index (Phi) is 6.46. The van der Waals surface area contributed by atoms with Crippen molar-refractivity contribution in [2.75, 3.05) is 26.2 Å².